The van der Waals surface area contributed by atoms with Gasteiger partial charge < -0.3 is 14.5 Å². The zero-order valence-corrected chi connectivity index (χ0v) is 16.2. The van der Waals surface area contributed by atoms with E-state index in [9.17, 15) is 9.59 Å². The highest BCUT2D eigenvalue weighted by Gasteiger charge is 2.35. The number of carbonyl (C=O) groups is 2. The van der Waals surface area contributed by atoms with Crippen molar-refractivity contribution in [2.24, 2.45) is 5.41 Å². The van der Waals surface area contributed by atoms with Gasteiger partial charge in [0.15, 0.2) is 0 Å². The van der Waals surface area contributed by atoms with Crippen LogP contribution in [-0.2, 0) is 4.79 Å². The van der Waals surface area contributed by atoms with Gasteiger partial charge in [0, 0.05) is 30.6 Å². The summed E-state index contributed by atoms with van der Waals surface area (Å²) in [5.41, 5.74) is 0.352. The van der Waals surface area contributed by atoms with E-state index in [1.165, 1.54) is 0 Å². The number of amides is 2. The van der Waals surface area contributed by atoms with Gasteiger partial charge in [0.1, 0.15) is 12.4 Å². The Kier molecular flexibility index (Phi) is 5.54. The predicted octanol–water partition coefficient (Wildman–Crippen LogP) is 3.34. The minimum absolute atomic E-state index is 0.104. The zero-order valence-electron chi connectivity index (χ0n) is 16.2. The number of rotatable bonds is 4. The summed E-state index contributed by atoms with van der Waals surface area (Å²) < 4.78 is 5.92. The summed E-state index contributed by atoms with van der Waals surface area (Å²) >= 11 is 0. The Labute approximate surface area is 156 Å². The van der Waals surface area contributed by atoms with Crippen LogP contribution in [0.25, 0.3) is 0 Å². The topological polar surface area (TPSA) is 49.9 Å². The number of nitrogens with zero attached hydrogens (tertiary/aromatic N) is 2. The van der Waals surface area contributed by atoms with Gasteiger partial charge in [0.2, 0.25) is 5.91 Å². The Morgan fingerprint density at radius 1 is 1.04 bits per heavy atom. The van der Waals surface area contributed by atoms with E-state index in [-0.39, 0.29) is 23.3 Å². The molecule has 0 unspecified atom stereocenters. The third kappa shape index (κ3) is 4.19. The molecule has 1 atom stereocenters. The molecule has 3 rings (SSSR count). The summed E-state index contributed by atoms with van der Waals surface area (Å²) in [6, 6.07) is 7.51. The maximum absolute atomic E-state index is 12.6. The molecule has 0 spiro atoms. The van der Waals surface area contributed by atoms with Gasteiger partial charge in [-0.1, -0.05) is 20.8 Å². The highest BCUT2D eigenvalue weighted by Crippen LogP contribution is 2.26. The lowest BCUT2D eigenvalue weighted by molar-refractivity contribution is -0.140. The molecule has 0 aliphatic carbocycles. The lowest BCUT2D eigenvalue weighted by Gasteiger charge is -2.30. The summed E-state index contributed by atoms with van der Waals surface area (Å²) in [6.07, 6.45) is 4.20. The largest absolute Gasteiger partial charge is 0.491 e. The Balaban J connectivity index is 1.56. The van der Waals surface area contributed by atoms with Crippen molar-refractivity contribution >= 4 is 11.8 Å². The van der Waals surface area contributed by atoms with Crippen LogP contribution in [-0.4, -0.2) is 53.9 Å². The van der Waals surface area contributed by atoms with E-state index < -0.39 is 0 Å². The van der Waals surface area contributed by atoms with Gasteiger partial charge in [-0.05, 0) is 49.9 Å². The normalized spacial score (nSPS) is 20.5. The third-order valence-electron chi connectivity index (χ3n) is 5.22. The fraction of sp³-hybridized carbons (Fsp3) is 0.619. The first kappa shape index (κ1) is 18.7. The first-order chi connectivity index (χ1) is 12.4. The van der Waals surface area contributed by atoms with Crippen molar-refractivity contribution < 1.29 is 14.3 Å². The number of likely N-dealkylation sites (tertiary alicyclic amines) is 2. The van der Waals surface area contributed by atoms with E-state index in [0.717, 1.165) is 51.1 Å². The minimum Gasteiger partial charge on any atom is -0.491 e. The molecule has 2 fully saturated rings. The SMILES string of the molecule is CC(C)(C)C(=O)N1CCC[C@H]1COc1ccc(C(=O)N2CCCC2)cc1. The van der Waals surface area contributed by atoms with E-state index in [4.69, 9.17) is 4.74 Å². The van der Waals surface area contributed by atoms with Gasteiger partial charge in [-0.15, -0.1) is 0 Å². The van der Waals surface area contributed by atoms with Crippen LogP contribution in [0.5, 0.6) is 5.75 Å². The van der Waals surface area contributed by atoms with Crippen LogP contribution in [0.2, 0.25) is 0 Å². The van der Waals surface area contributed by atoms with Crippen LogP contribution in [0, 0.1) is 5.41 Å². The number of carbonyl (C=O) groups excluding carboxylic acids is 2. The van der Waals surface area contributed by atoms with Gasteiger partial charge in [-0.3, -0.25) is 9.59 Å². The van der Waals surface area contributed by atoms with Crippen molar-refractivity contribution in [2.45, 2.75) is 52.5 Å². The molecule has 0 bridgehead atoms. The van der Waals surface area contributed by atoms with Crippen molar-refractivity contribution in [3.63, 3.8) is 0 Å². The molecule has 0 saturated carbocycles. The molecule has 2 saturated heterocycles. The van der Waals surface area contributed by atoms with Crippen molar-refractivity contribution in [3.05, 3.63) is 29.8 Å². The molecule has 1 aromatic rings. The average molecular weight is 358 g/mol. The molecule has 2 heterocycles. The molecule has 26 heavy (non-hydrogen) atoms. The number of hydrogen-bond donors (Lipinski definition) is 0. The van der Waals surface area contributed by atoms with Crippen LogP contribution in [0.3, 0.4) is 0 Å². The van der Waals surface area contributed by atoms with E-state index in [1.807, 2.05) is 54.8 Å². The number of benzene rings is 1. The Bertz CT molecular complexity index is 642. The molecule has 1 aromatic carbocycles. The first-order valence-electron chi connectivity index (χ1n) is 9.69. The van der Waals surface area contributed by atoms with Gasteiger partial charge in [0.25, 0.3) is 5.91 Å². The maximum Gasteiger partial charge on any atom is 0.253 e. The van der Waals surface area contributed by atoms with Crippen LogP contribution in [0.1, 0.15) is 56.8 Å². The van der Waals surface area contributed by atoms with Gasteiger partial charge in [0.05, 0.1) is 6.04 Å². The molecule has 0 aromatic heterocycles. The highest BCUT2D eigenvalue weighted by molar-refractivity contribution is 5.94. The lowest BCUT2D eigenvalue weighted by atomic mass is 9.94. The fourth-order valence-corrected chi connectivity index (χ4v) is 3.70. The second-order valence-electron chi connectivity index (χ2n) is 8.38. The molecule has 5 nitrogen and oxygen atoms in total. The summed E-state index contributed by atoms with van der Waals surface area (Å²) in [7, 11) is 0. The molecular formula is C21H30N2O3. The monoisotopic (exact) mass is 358 g/mol. The van der Waals surface area contributed by atoms with Crippen molar-refractivity contribution in [2.75, 3.05) is 26.2 Å². The summed E-state index contributed by atoms with van der Waals surface area (Å²) in [4.78, 5) is 28.8. The molecule has 2 aliphatic heterocycles. The standard InChI is InChI=1S/C21H30N2O3/c1-21(2,3)20(25)23-14-6-7-17(23)15-26-18-10-8-16(9-11-18)19(24)22-12-4-5-13-22/h8-11,17H,4-7,12-15H2,1-3H3/t17-/m0/s1. The quantitative estimate of drug-likeness (QED) is 0.829. The van der Waals surface area contributed by atoms with E-state index in [2.05, 4.69) is 0 Å². The molecule has 0 radical (unpaired) electrons. The Morgan fingerprint density at radius 3 is 2.31 bits per heavy atom. The van der Waals surface area contributed by atoms with Crippen LogP contribution in [0.4, 0.5) is 0 Å². The molecule has 142 valence electrons. The van der Waals surface area contributed by atoms with Crippen molar-refractivity contribution in [3.8, 4) is 5.75 Å². The second-order valence-corrected chi connectivity index (χ2v) is 8.38. The predicted molar refractivity (Wildman–Crippen MR) is 101 cm³/mol. The van der Waals surface area contributed by atoms with E-state index >= 15 is 0 Å². The minimum atomic E-state index is -0.361. The molecule has 0 N–H and O–H groups in total. The maximum atomic E-state index is 12.6. The van der Waals surface area contributed by atoms with Gasteiger partial charge in [-0.25, -0.2) is 0 Å². The molecule has 2 amide bonds. The van der Waals surface area contributed by atoms with Crippen LogP contribution >= 0.6 is 0 Å². The molecule has 5 heteroatoms. The van der Waals surface area contributed by atoms with E-state index in [0.29, 0.717) is 12.2 Å². The van der Waals surface area contributed by atoms with E-state index in [1.54, 1.807) is 0 Å². The third-order valence-corrected chi connectivity index (χ3v) is 5.22. The Morgan fingerprint density at radius 2 is 1.69 bits per heavy atom. The number of hydrogen-bond acceptors (Lipinski definition) is 3. The van der Waals surface area contributed by atoms with Crippen molar-refractivity contribution in [1.82, 2.24) is 9.80 Å². The van der Waals surface area contributed by atoms with Crippen LogP contribution < -0.4 is 4.74 Å². The van der Waals surface area contributed by atoms with Gasteiger partial charge in [-0.2, -0.15) is 0 Å². The smallest absolute Gasteiger partial charge is 0.253 e. The fourth-order valence-electron chi connectivity index (χ4n) is 3.70. The van der Waals surface area contributed by atoms with Crippen LogP contribution in [0.15, 0.2) is 24.3 Å². The molecular weight excluding hydrogens is 328 g/mol. The van der Waals surface area contributed by atoms with Gasteiger partial charge >= 0.3 is 0 Å². The van der Waals surface area contributed by atoms with Crippen molar-refractivity contribution in [1.29, 1.82) is 0 Å². The highest BCUT2D eigenvalue weighted by atomic mass is 16.5. The first-order valence-corrected chi connectivity index (χ1v) is 9.69. The Hall–Kier alpha value is -2.04. The average Bonchev–Trinajstić information content (AvgIpc) is 3.30. The number of ether oxygens (including phenoxy) is 1. The summed E-state index contributed by atoms with van der Waals surface area (Å²) in [5.74, 6) is 1.04. The zero-order chi connectivity index (χ0) is 18.7. The molecule has 2 aliphatic rings. The second kappa shape index (κ2) is 7.68. The summed E-state index contributed by atoms with van der Waals surface area (Å²) in [6.45, 7) is 8.91. The summed E-state index contributed by atoms with van der Waals surface area (Å²) in [5, 5.41) is 0. The lowest BCUT2D eigenvalue weighted by Crippen LogP contribution is -2.44.